The van der Waals surface area contributed by atoms with E-state index in [1.807, 2.05) is 11.1 Å². The van der Waals surface area contributed by atoms with E-state index in [2.05, 4.69) is 55.8 Å². The fourth-order valence-electron chi connectivity index (χ4n) is 6.32. The van der Waals surface area contributed by atoms with Gasteiger partial charge in [-0.1, -0.05) is 32.9 Å². The number of nitrogens with zero attached hydrogens (tertiary/aromatic N) is 4. The van der Waals surface area contributed by atoms with Gasteiger partial charge in [0, 0.05) is 62.0 Å². The molecule has 0 saturated carbocycles. The number of morpholine rings is 1. The standard InChI is InChI=1S/C31H44FN5O2/c1-6-31(5)21-39-12-11-36(31)18-26-16-33-22(2)17-35(26)19-28(38)37-20-30(3,4)29-27(37)14-24(15-34-29)13-23-7-9-25(32)10-8-23/h7-10,14-15,22,26,33H,6,11-13,16-21H2,1-5H3/t22-,26-,31?/m1/s1. The van der Waals surface area contributed by atoms with Gasteiger partial charge in [-0.25, -0.2) is 4.39 Å². The minimum absolute atomic E-state index is 0.0293. The molecule has 1 aromatic heterocycles. The van der Waals surface area contributed by atoms with Gasteiger partial charge < -0.3 is 15.0 Å². The molecule has 2 aromatic rings. The van der Waals surface area contributed by atoms with Crippen LogP contribution in [-0.4, -0.2) is 90.8 Å². The van der Waals surface area contributed by atoms with Crippen LogP contribution in [0.2, 0.25) is 0 Å². The van der Waals surface area contributed by atoms with Crippen molar-refractivity contribution in [2.24, 2.45) is 0 Å². The number of aromatic nitrogens is 1. The number of nitrogens with one attached hydrogen (secondary N) is 1. The summed E-state index contributed by atoms with van der Waals surface area (Å²) in [4.78, 5) is 25.7. The van der Waals surface area contributed by atoms with Crippen molar-refractivity contribution in [1.29, 1.82) is 0 Å². The van der Waals surface area contributed by atoms with Crippen LogP contribution < -0.4 is 10.2 Å². The number of piperazine rings is 1. The fourth-order valence-corrected chi connectivity index (χ4v) is 6.32. The summed E-state index contributed by atoms with van der Waals surface area (Å²) in [6, 6.07) is 9.28. The number of benzene rings is 1. The number of fused-ring (bicyclic) bond motifs is 1. The third-order valence-electron chi connectivity index (χ3n) is 8.97. The molecule has 1 aromatic carbocycles. The lowest BCUT2D eigenvalue weighted by atomic mass is 9.91. The highest BCUT2D eigenvalue weighted by atomic mass is 19.1. The molecule has 5 rings (SSSR count). The molecule has 1 N–H and O–H groups in total. The van der Waals surface area contributed by atoms with Gasteiger partial charge in [-0.3, -0.25) is 19.6 Å². The van der Waals surface area contributed by atoms with Crippen LogP contribution in [0.15, 0.2) is 36.5 Å². The number of halogens is 1. The maximum absolute atomic E-state index is 14.0. The largest absolute Gasteiger partial charge is 0.378 e. The predicted molar refractivity (Wildman–Crippen MR) is 153 cm³/mol. The summed E-state index contributed by atoms with van der Waals surface area (Å²) in [6.07, 6.45) is 3.59. The molecular formula is C31H44FN5O2. The Hall–Kier alpha value is -2.39. The summed E-state index contributed by atoms with van der Waals surface area (Å²) < 4.78 is 19.2. The molecule has 3 atom stereocenters. The van der Waals surface area contributed by atoms with Crippen molar-refractivity contribution >= 4 is 11.6 Å². The first kappa shape index (κ1) is 28.1. The summed E-state index contributed by atoms with van der Waals surface area (Å²) >= 11 is 0. The summed E-state index contributed by atoms with van der Waals surface area (Å²) in [6.45, 7) is 17.1. The first-order valence-electron chi connectivity index (χ1n) is 14.4. The van der Waals surface area contributed by atoms with E-state index in [-0.39, 0.29) is 28.7 Å². The van der Waals surface area contributed by atoms with Crippen molar-refractivity contribution < 1.29 is 13.9 Å². The van der Waals surface area contributed by atoms with Gasteiger partial charge in [-0.05, 0) is 56.0 Å². The molecule has 3 aliphatic rings. The number of carbonyl (C=O) groups excluding carboxylic acids is 1. The molecule has 0 aliphatic carbocycles. The highest BCUT2D eigenvalue weighted by Gasteiger charge is 2.42. The molecule has 3 aliphatic heterocycles. The molecule has 2 saturated heterocycles. The monoisotopic (exact) mass is 537 g/mol. The molecule has 1 amide bonds. The molecular weight excluding hydrogens is 493 g/mol. The lowest BCUT2D eigenvalue weighted by molar-refractivity contribution is -0.121. The average molecular weight is 538 g/mol. The summed E-state index contributed by atoms with van der Waals surface area (Å²) in [5.74, 6) is -0.111. The first-order chi connectivity index (χ1) is 18.6. The fraction of sp³-hybridized carbons (Fsp3) is 0.613. The number of carbonyl (C=O) groups is 1. The molecule has 0 radical (unpaired) electrons. The summed E-state index contributed by atoms with van der Waals surface area (Å²) in [5.41, 5.74) is 3.74. The van der Waals surface area contributed by atoms with Crippen LogP contribution in [0, 0.1) is 5.82 Å². The van der Waals surface area contributed by atoms with Crippen molar-refractivity contribution in [2.45, 2.75) is 70.5 Å². The number of ether oxygens (including phenoxy) is 1. The molecule has 2 fully saturated rings. The van der Waals surface area contributed by atoms with E-state index in [1.54, 1.807) is 12.1 Å². The van der Waals surface area contributed by atoms with Crippen LogP contribution in [-0.2, 0) is 21.4 Å². The van der Waals surface area contributed by atoms with Gasteiger partial charge in [-0.15, -0.1) is 0 Å². The average Bonchev–Trinajstić information content (AvgIpc) is 3.18. The number of hydrogen-bond donors (Lipinski definition) is 1. The van der Waals surface area contributed by atoms with Gasteiger partial charge in [0.25, 0.3) is 0 Å². The van der Waals surface area contributed by atoms with Gasteiger partial charge in [0.15, 0.2) is 0 Å². The number of amides is 1. The van der Waals surface area contributed by atoms with E-state index in [0.717, 1.165) is 68.3 Å². The van der Waals surface area contributed by atoms with Gasteiger partial charge in [0.05, 0.1) is 31.1 Å². The lowest BCUT2D eigenvalue weighted by Gasteiger charge is -2.48. The Morgan fingerprint density at radius 1 is 1.21 bits per heavy atom. The molecule has 7 nitrogen and oxygen atoms in total. The third-order valence-corrected chi connectivity index (χ3v) is 8.97. The molecule has 0 spiro atoms. The quantitative estimate of drug-likeness (QED) is 0.583. The highest BCUT2D eigenvalue weighted by Crippen LogP contribution is 2.40. The number of rotatable bonds is 7. The zero-order valence-electron chi connectivity index (χ0n) is 24.2. The molecule has 212 valence electrons. The Morgan fingerprint density at radius 3 is 2.72 bits per heavy atom. The second-order valence-corrected chi connectivity index (χ2v) is 12.6. The minimum Gasteiger partial charge on any atom is -0.378 e. The molecule has 39 heavy (non-hydrogen) atoms. The van der Waals surface area contributed by atoms with E-state index in [1.165, 1.54) is 12.1 Å². The topological polar surface area (TPSA) is 60.9 Å². The Morgan fingerprint density at radius 2 is 1.97 bits per heavy atom. The van der Waals surface area contributed by atoms with E-state index in [9.17, 15) is 9.18 Å². The Balaban J connectivity index is 1.33. The van der Waals surface area contributed by atoms with Crippen molar-refractivity contribution in [2.75, 3.05) is 57.4 Å². The third kappa shape index (κ3) is 6.04. The van der Waals surface area contributed by atoms with Crippen molar-refractivity contribution in [3.8, 4) is 0 Å². The maximum atomic E-state index is 14.0. The van der Waals surface area contributed by atoms with E-state index in [0.29, 0.717) is 25.6 Å². The SMILES string of the molecule is CCC1(C)COCCN1C[C@H]1CN[C@H](C)CN1CC(=O)N1CC(C)(C)c2ncc(Cc3ccc(F)cc3)cc21. The van der Waals surface area contributed by atoms with Crippen LogP contribution in [0.5, 0.6) is 0 Å². The van der Waals surface area contributed by atoms with E-state index in [4.69, 9.17) is 9.72 Å². The molecule has 8 heteroatoms. The Kier molecular flexibility index (Phi) is 8.11. The molecule has 1 unspecified atom stereocenters. The first-order valence-corrected chi connectivity index (χ1v) is 14.4. The van der Waals surface area contributed by atoms with Gasteiger partial charge >= 0.3 is 0 Å². The molecule has 4 heterocycles. The van der Waals surface area contributed by atoms with Crippen LogP contribution >= 0.6 is 0 Å². The van der Waals surface area contributed by atoms with Gasteiger partial charge in [-0.2, -0.15) is 0 Å². The Bertz CT molecular complexity index is 1170. The highest BCUT2D eigenvalue weighted by molar-refractivity contribution is 5.97. The Labute approximate surface area is 232 Å². The van der Waals surface area contributed by atoms with Crippen LogP contribution in [0.25, 0.3) is 0 Å². The molecule has 0 bridgehead atoms. The number of hydrogen-bond acceptors (Lipinski definition) is 6. The minimum atomic E-state index is -0.238. The van der Waals surface area contributed by atoms with Gasteiger partial charge in [0.2, 0.25) is 5.91 Å². The zero-order valence-corrected chi connectivity index (χ0v) is 24.2. The van der Waals surface area contributed by atoms with Crippen molar-refractivity contribution in [1.82, 2.24) is 20.1 Å². The number of anilines is 1. The predicted octanol–water partition coefficient (Wildman–Crippen LogP) is 3.60. The van der Waals surface area contributed by atoms with Crippen LogP contribution in [0.1, 0.15) is 57.9 Å². The second kappa shape index (κ2) is 11.2. The zero-order chi connectivity index (χ0) is 27.8. The van der Waals surface area contributed by atoms with E-state index >= 15 is 0 Å². The maximum Gasteiger partial charge on any atom is 0.241 e. The van der Waals surface area contributed by atoms with Crippen molar-refractivity contribution in [3.05, 3.63) is 59.2 Å². The van der Waals surface area contributed by atoms with Gasteiger partial charge in [0.1, 0.15) is 5.82 Å². The smallest absolute Gasteiger partial charge is 0.241 e. The van der Waals surface area contributed by atoms with Crippen molar-refractivity contribution in [3.63, 3.8) is 0 Å². The summed E-state index contributed by atoms with van der Waals surface area (Å²) in [5, 5.41) is 3.64. The van der Waals surface area contributed by atoms with Crippen LogP contribution in [0.4, 0.5) is 10.1 Å². The normalized spacial score (nSPS) is 27.5. The number of pyridine rings is 1. The van der Waals surface area contributed by atoms with Crippen LogP contribution in [0.3, 0.4) is 0 Å². The summed E-state index contributed by atoms with van der Waals surface area (Å²) in [7, 11) is 0. The second-order valence-electron chi connectivity index (χ2n) is 12.6. The van der Waals surface area contributed by atoms with E-state index < -0.39 is 0 Å². The lowest BCUT2D eigenvalue weighted by Crippen LogP contribution is -2.64.